The van der Waals surface area contributed by atoms with Gasteiger partial charge in [0.05, 0.1) is 0 Å². The molecule has 0 radical (unpaired) electrons. The van der Waals surface area contributed by atoms with E-state index in [9.17, 15) is 9.90 Å². The maximum Gasteiger partial charge on any atom is 0.333 e. The van der Waals surface area contributed by atoms with Crippen molar-refractivity contribution >= 4 is 5.97 Å². The van der Waals surface area contributed by atoms with Gasteiger partial charge in [0.25, 0.3) is 0 Å². The third kappa shape index (κ3) is 4.49. The summed E-state index contributed by atoms with van der Waals surface area (Å²) in [5, 5.41) is 9.17. The lowest BCUT2D eigenvalue weighted by molar-refractivity contribution is -0.150. The lowest BCUT2D eigenvalue weighted by atomic mass is 10.00. The molecule has 0 amide bonds. The van der Waals surface area contributed by atoms with Crippen molar-refractivity contribution in [2.75, 3.05) is 6.61 Å². The molecule has 18 heavy (non-hydrogen) atoms. The summed E-state index contributed by atoms with van der Waals surface area (Å²) in [7, 11) is 0. The van der Waals surface area contributed by atoms with Crippen LogP contribution in [0.2, 0.25) is 0 Å². The molecule has 1 atom stereocenters. The number of aliphatic carboxylic acids is 1. The molecule has 1 aromatic carbocycles. The molecule has 1 aromatic rings. The molecule has 0 aliphatic rings. The van der Waals surface area contributed by atoms with Crippen molar-refractivity contribution in [3.63, 3.8) is 0 Å². The number of rotatable bonds is 8. The molecular formula is C15H22O3. The zero-order valence-electron chi connectivity index (χ0n) is 11.2. The first-order valence-corrected chi connectivity index (χ1v) is 6.60. The van der Waals surface area contributed by atoms with Crippen molar-refractivity contribution in [1.82, 2.24) is 0 Å². The summed E-state index contributed by atoms with van der Waals surface area (Å²) in [5.41, 5.74) is 2.27. The minimum Gasteiger partial charge on any atom is -0.479 e. The highest BCUT2D eigenvalue weighted by Crippen LogP contribution is 2.14. The number of aryl methyl sites for hydroxylation is 1. The molecule has 1 N–H and O–H groups in total. The summed E-state index contributed by atoms with van der Waals surface area (Å²) in [4.78, 5) is 11.2. The van der Waals surface area contributed by atoms with Gasteiger partial charge in [0.15, 0.2) is 6.10 Å². The largest absolute Gasteiger partial charge is 0.479 e. The molecule has 3 nitrogen and oxygen atoms in total. The average Bonchev–Trinajstić information content (AvgIpc) is 2.38. The van der Waals surface area contributed by atoms with E-state index in [1.165, 1.54) is 5.56 Å². The maximum atomic E-state index is 11.2. The van der Waals surface area contributed by atoms with Gasteiger partial charge in [-0.25, -0.2) is 4.79 Å². The van der Waals surface area contributed by atoms with Crippen LogP contribution >= 0.6 is 0 Å². The molecule has 0 unspecified atom stereocenters. The maximum absolute atomic E-state index is 11.2. The van der Waals surface area contributed by atoms with Crippen molar-refractivity contribution in [2.45, 2.75) is 45.6 Å². The van der Waals surface area contributed by atoms with Crippen LogP contribution in [0.15, 0.2) is 24.3 Å². The van der Waals surface area contributed by atoms with Crippen LogP contribution in [-0.4, -0.2) is 23.8 Å². The Morgan fingerprint density at radius 2 is 1.94 bits per heavy atom. The number of benzene rings is 1. The van der Waals surface area contributed by atoms with Gasteiger partial charge in [0.1, 0.15) is 0 Å². The van der Waals surface area contributed by atoms with Crippen LogP contribution in [0.3, 0.4) is 0 Å². The first-order chi connectivity index (χ1) is 8.69. The monoisotopic (exact) mass is 250 g/mol. The predicted octanol–water partition coefficient (Wildman–Crippen LogP) is 3.06. The van der Waals surface area contributed by atoms with Gasteiger partial charge in [-0.1, -0.05) is 44.5 Å². The van der Waals surface area contributed by atoms with Crippen LogP contribution in [0, 0.1) is 0 Å². The van der Waals surface area contributed by atoms with Gasteiger partial charge in [0, 0.05) is 13.0 Å². The fourth-order valence-electron chi connectivity index (χ4n) is 1.89. The van der Waals surface area contributed by atoms with Gasteiger partial charge in [-0.3, -0.25) is 0 Å². The van der Waals surface area contributed by atoms with Gasteiger partial charge in [-0.05, 0) is 24.0 Å². The Hall–Kier alpha value is -1.35. The second kappa shape index (κ2) is 7.88. The highest BCUT2D eigenvalue weighted by molar-refractivity contribution is 5.72. The van der Waals surface area contributed by atoms with E-state index in [2.05, 4.69) is 13.8 Å². The van der Waals surface area contributed by atoms with Gasteiger partial charge in [-0.2, -0.15) is 0 Å². The molecule has 0 saturated carbocycles. The van der Waals surface area contributed by atoms with E-state index in [0.29, 0.717) is 13.0 Å². The summed E-state index contributed by atoms with van der Waals surface area (Å²) in [6.07, 6.45) is 2.54. The van der Waals surface area contributed by atoms with E-state index in [0.717, 1.165) is 24.8 Å². The molecule has 100 valence electrons. The first kappa shape index (κ1) is 14.7. The van der Waals surface area contributed by atoms with Crippen LogP contribution < -0.4 is 0 Å². The van der Waals surface area contributed by atoms with Crippen molar-refractivity contribution in [2.24, 2.45) is 0 Å². The number of hydrogen-bond acceptors (Lipinski definition) is 2. The van der Waals surface area contributed by atoms with Crippen molar-refractivity contribution < 1.29 is 14.6 Å². The molecule has 0 saturated heterocycles. The molecule has 3 heteroatoms. The summed E-state index contributed by atoms with van der Waals surface area (Å²) in [6, 6.07) is 7.95. The van der Waals surface area contributed by atoms with E-state index in [1.54, 1.807) is 0 Å². The first-order valence-electron chi connectivity index (χ1n) is 6.60. The topological polar surface area (TPSA) is 46.5 Å². The van der Waals surface area contributed by atoms with Gasteiger partial charge >= 0.3 is 5.97 Å². The number of ether oxygens (including phenoxy) is 1. The third-order valence-electron chi connectivity index (χ3n) is 3.00. The number of carboxylic acid groups (broad SMARTS) is 1. The van der Waals surface area contributed by atoms with E-state index >= 15 is 0 Å². The van der Waals surface area contributed by atoms with Crippen LogP contribution in [0.25, 0.3) is 0 Å². The highest BCUT2D eigenvalue weighted by atomic mass is 16.5. The Labute approximate surface area is 109 Å². The van der Waals surface area contributed by atoms with E-state index in [1.807, 2.05) is 24.3 Å². The van der Waals surface area contributed by atoms with Gasteiger partial charge in [-0.15, -0.1) is 0 Å². The number of carboxylic acids is 1. The summed E-state index contributed by atoms with van der Waals surface area (Å²) < 4.78 is 5.45. The standard InChI is InChI=1S/C15H22O3/c1-3-5-10-18-14(15(16)17)11-13-9-7-6-8-12(13)4-2/h6-9,14H,3-5,10-11H2,1-2H3,(H,16,17)/t14-/m1/s1. The lowest BCUT2D eigenvalue weighted by Crippen LogP contribution is -2.27. The summed E-state index contributed by atoms with van der Waals surface area (Å²) >= 11 is 0. The average molecular weight is 250 g/mol. The fraction of sp³-hybridized carbons (Fsp3) is 0.533. The molecule has 1 rings (SSSR count). The van der Waals surface area contributed by atoms with Crippen LogP contribution in [0.4, 0.5) is 0 Å². The zero-order chi connectivity index (χ0) is 13.4. The lowest BCUT2D eigenvalue weighted by Gasteiger charge is -2.15. The Kier molecular flexibility index (Phi) is 6.44. The minimum absolute atomic E-state index is 0.447. The Balaban J connectivity index is 2.67. The van der Waals surface area contributed by atoms with E-state index in [4.69, 9.17) is 4.74 Å². The molecule has 0 aromatic heterocycles. The van der Waals surface area contributed by atoms with Crippen LogP contribution in [0.1, 0.15) is 37.8 Å². The normalized spacial score (nSPS) is 12.3. The third-order valence-corrected chi connectivity index (χ3v) is 3.00. The molecule has 0 spiro atoms. The van der Waals surface area contributed by atoms with Gasteiger partial charge in [0.2, 0.25) is 0 Å². The quantitative estimate of drug-likeness (QED) is 0.721. The Bertz CT molecular complexity index is 374. The van der Waals surface area contributed by atoms with Gasteiger partial charge < -0.3 is 9.84 Å². The number of unbranched alkanes of at least 4 members (excludes halogenated alkanes) is 1. The molecule has 0 aliphatic heterocycles. The zero-order valence-corrected chi connectivity index (χ0v) is 11.2. The number of carbonyl (C=O) groups is 1. The van der Waals surface area contributed by atoms with Crippen LogP contribution in [-0.2, 0) is 22.4 Å². The second-order valence-corrected chi connectivity index (χ2v) is 4.38. The fourth-order valence-corrected chi connectivity index (χ4v) is 1.89. The molecule has 0 bridgehead atoms. The molecule has 0 heterocycles. The molecular weight excluding hydrogens is 228 g/mol. The van der Waals surface area contributed by atoms with Crippen molar-refractivity contribution in [3.05, 3.63) is 35.4 Å². The van der Waals surface area contributed by atoms with Crippen molar-refractivity contribution in [1.29, 1.82) is 0 Å². The number of hydrogen-bond donors (Lipinski definition) is 1. The molecule has 0 aliphatic carbocycles. The summed E-state index contributed by atoms with van der Waals surface area (Å²) in [6.45, 7) is 4.65. The second-order valence-electron chi connectivity index (χ2n) is 4.38. The van der Waals surface area contributed by atoms with E-state index in [-0.39, 0.29) is 0 Å². The Morgan fingerprint density at radius 1 is 1.28 bits per heavy atom. The Morgan fingerprint density at radius 3 is 2.50 bits per heavy atom. The van der Waals surface area contributed by atoms with Crippen molar-refractivity contribution in [3.8, 4) is 0 Å². The predicted molar refractivity (Wildman–Crippen MR) is 71.8 cm³/mol. The minimum atomic E-state index is -0.878. The smallest absolute Gasteiger partial charge is 0.333 e. The highest BCUT2D eigenvalue weighted by Gasteiger charge is 2.19. The SMILES string of the molecule is CCCCO[C@H](Cc1ccccc1CC)C(=O)O. The van der Waals surface area contributed by atoms with E-state index < -0.39 is 12.1 Å². The van der Waals surface area contributed by atoms with Crippen LogP contribution in [0.5, 0.6) is 0 Å². The summed E-state index contributed by atoms with van der Waals surface area (Å²) in [5.74, 6) is -0.878. The molecule has 0 fully saturated rings.